The van der Waals surface area contributed by atoms with Gasteiger partial charge >= 0.3 is 0 Å². The van der Waals surface area contributed by atoms with Crippen molar-refractivity contribution in [2.75, 3.05) is 18.5 Å². The van der Waals surface area contributed by atoms with Crippen molar-refractivity contribution in [3.05, 3.63) is 29.8 Å². The Labute approximate surface area is 142 Å². The van der Waals surface area contributed by atoms with Gasteiger partial charge in [0.2, 0.25) is 5.91 Å². The molecule has 2 aliphatic rings. The third-order valence-corrected chi connectivity index (χ3v) is 4.51. The first kappa shape index (κ1) is 16.9. The average Bonchev–Trinajstić information content (AvgIpc) is 3.15. The van der Waals surface area contributed by atoms with E-state index in [9.17, 15) is 9.59 Å². The highest BCUT2D eigenvalue weighted by atomic mass is 16.5. The van der Waals surface area contributed by atoms with E-state index in [4.69, 9.17) is 4.74 Å². The summed E-state index contributed by atoms with van der Waals surface area (Å²) in [5.41, 5.74) is 1.70. The van der Waals surface area contributed by atoms with Crippen LogP contribution in [-0.2, 0) is 20.9 Å². The van der Waals surface area contributed by atoms with E-state index >= 15 is 0 Å². The maximum atomic E-state index is 12.1. The minimum Gasteiger partial charge on any atom is -0.368 e. The lowest BCUT2D eigenvalue weighted by Gasteiger charge is -2.22. The van der Waals surface area contributed by atoms with Crippen LogP contribution in [0.1, 0.15) is 37.7 Å². The molecule has 2 aliphatic heterocycles. The van der Waals surface area contributed by atoms with Gasteiger partial charge in [-0.2, -0.15) is 0 Å². The van der Waals surface area contributed by atoms with Gasteiger partial charge in [0, 0.05) is 18.8 Å². The summed E-state index contributed by atoms with van der Waals surface area (Å²) in [5.74, 6) is -0.0522. The molecule has 6 heteroatoms. The molecule has 3 N–H and O–H groups in total. The summed E-state index contributed by atoms with van der Waals surface area (Å²) in [6.07, 6.45) is 4.48. The Kier molecular flexibility index (Phi) is 5.82. The SMILES string of the molecule is O=C(NCc1cccc(NC(=O)C2CCCO2)c1)C1CCCCN1. The molecule has 1 aromatic rings. The highest BCUT2D eigenvalue weighted by Crippen LogP contribution is 2.16. The fraction of sp³-hybridized carbons (Fsp3) is 0.556. The number of nitrogens with one attached hydrogen (secondary N) is 3. The van der Waals surface area contributed by atoms with Crippen LogP contribution in [0.5, 0.6) is 0 Å². The topological polar surface area (TPSA) is 79.5 Å². The molecule has 2 unspecified atom stereocenters. The van der Waals surface area contributed by atoms with E-state index in [2.05, 4.69) is 16.0 Å². The number of piperidine rings is 1. The van der Waals surface area contributed by atoms with Crippen LogP contribution < -0.4 is 16.0 Å². The molecule has 0 spiro atoms. The molecule has 2 fully saturated rings. The van der Waals surface area contributed by atoms with E-state index in [0.29, 0.717) is 13.2 Å². The summed E-state index contributed by atoms with van der Waals surface area (Å²) < 4.78 is 5.39. The number of rotatable bonds is 5. The number of hydrogen-bond acceptors (Lipinski definition) is 4. The zero-order valence-electron chi connectivity index (χ0n) is 13.8. The molecule has 0 bridgehead atoms. The van der Waals surface area contributed by atoms with Crippen LogP contribution in [-0.4, -0.2) is 37.1 Å². The molecule has 3 rings (SSSR count). The molecule has 0 aliphatic carbocycles. The third kappa shape index (κ3) is 4.55. The van der Waals surface area contributed by atoms with E-state index < -0.39 is 0 Å². The van der Waals surface area contributed by atoms with Crippen molar-refractivity contribution in [2.24, 2.45) is 0 Å². The first-order valence-electron chi connectivity index (χ1n) is 8.75. The van der Waals surface area contributed by atoms with Gasteiger partial charge in [0.05, 0.1) is 6.04 Å². The van der Waals surface area contributed by atoms with Gasteiger partial charge < -0.3 is 20.7 Å². The van der Waals surface area contributed by atoms with Gasteiger partial charge in [-0.05, 0) is 49.9 Å². The molecule has 2 saturated heterocycles. The lowest BCUT2D eigenvalue weighted by atomic mass is 10.0. The maximum absolute atomic E-state index is 12.1. The largest absolute Gasteiger partial charge is 0.368 e. The van der Waals surface area contributed by atoms with E-state index in [1.165, 1.54) is 0 Å². The fourth-order valence-corrected chi connectivity index (χ4v) is 3.15. The van der Waals surface area contributed by atoms with E-state index in [1.54, 1.807) is 0 Å². The van der Waals surface area contributed by atoms with Gasteiger partial charge in [0.15, 0.2) is 0 Å². The highest BCUT2D eigenvalue weighted by Gasteiger charge is 2.23. The predicted octanol–water partition coefficient (Wildman–Crippen LogP) is 1.56. The number of amides is 2. The molecule has 0 aromatic heterocycles. The first-order chi connectivity index (χ1) is 11.7. The lowest BCUT2D eigenvalue weighted by molar-refractivity contribution is -0.125. The number of anilines is 1. The Hall–Kier alpha value is -1.92. The third-order valence-electron chi connectivity index (χ3n) is 4.51. The van der Waals surface area contributed by atoms with E-state index in [1.807, 2.05) is 24.3 Å². The zero-order chi connectivity index (χ0) is 16.8. The van der Waals surface area contributed by atoms with Crippen molar-refractivity contribution in [2.45, 2.75) is 50.8 Å². The Morgan fingerprint density at radius 3 is 2.83 bits per heavy atom. The number of benzene rings is 1. The standard InChI is InChI=1S/C18H25N3O3/c22-17(15-7-1-2-9-19-15)20-12-13-5-3-6-14(11-13)21-18(23)16-8-4-10-24-16/h3,5-6,11,15-16,19H,1-2,4,7-10,12H2,(H,20,22)(H,21,23). The van der Waals surface area contributed by atoms with Crippen LogP contribution in [0.4, 0.5) is 5.69 Å². The fourth-order valence-electron chi connectivity index (χ4n) is 3.15. The molecule has 0 radical (unpaired) electrons. The molecule has 0 saturated carbocycles. The van der Waals surface area contributed by atoms with Crippen molar-refractivity contribution in [3.63, 3.8) is 0 Å². The summed E-state index contributed by atoms with van der Waals surface area (Å²) in [6, 6.07) is 7.48. The molecule has 24 heavy (non-hydrogen) atoms. The molecule has 2 heterocycles. The van der Waals surface area contributed by atoms with Crippen LogP contribution in [0.25, 0.3) is 0 Å². The summed E-state index contributed by atoms with van der Waals surface area (Å²) in [7, 11) is 0. The minimum atomic E-state index is -0.342. The summed E-state index contributed by atoms with van der Waals surface area (Å²) in [6.45, 7) is 2.02. The molecular weight excluding hydrogens is 306 g/mol. The number of carbonyl (C=O) groups is 2. The monoisotopic (exact) mass is 331 g/mol. The van der Waals surface area contributed by atoms with Crippen LogP contribution >= 0.6 is 0 Å². The normalized spacial score (nSPS) is 23.7. The second kappa shape index (κ2) is 8.26. The van der Waals surface area contributed by atoms with Gasteiger partial charge in [-0.15, -0.1) is 0 Å². The molecule has 1 aromatic carbocycles. The van der Waals surface area contributed by atoms with E-state index in [-0.39, 0.29) is 24.0 Å². The number of hydrogen-bond donors (Lipinski definition) is 3. The zero-order valence-corrected chi connectivity index (χ0v) is 13.8. The van der Waals surface area contributed by atoms with Gasteiger partial charge in [-0.3, -0.25) is 9.59 Å². The van der Waals surface area contributed by atoms with Crippen molar-refractivity contribution in [1.82, 2.24) is 10.6 Å². The average molecular weight is 331 g/mol. The number of carbonyl (C=O) groups excluding carboxylic acids is 2. The highest BCUT2D eigenvalue weighted by molar-refractivity contribution is 5.94. The van der Waals surface area contributed by atoms with Crippen LogP contribution in [0.15, 0.2) is 24.3 Å². The predicted molar refractivity (Wildman–Crippen MR) is 91.5 cm³/mol. The summed E-state index contributed by atoms with van der Waals surface area (Å²) in [5, 5.41) is 9.09. The molecular formula is C18H25N3O3. The molecule has 6 nitrogen and oxygen atoms in total. The van der Waals surface area contributed by atoms with Gasteiger partial charge in [0.25, 0.3) is 5.91 Å². The van der Waals surface area contributed by atoms with Crippen molar-refractivity contribution < 1.29 is 14.3 Å². The lowest BCUT2D eigenvalue weighted by Crippen LogP contribution is -2.46. The second-order valence-electron chi connectivity index (χ2n) is 6.41. The molecule has 2 atom stereocenters. The Morgan fingerprint density at radius 1 is 1.17 bits per heavy atom. The summed E-state index contributed by atoms with van der Waals surface area (Å²) >= 11 is 0. The molecule has 130 valence electrons. The number of ether oxygens (including phenoxy) is 1. The quantitative estimate of drug-likeness (QED) is 0.765. The van der Waals surface area contributed by atoms with Gasteiger partial charge in [-0.1, -0.05) is 18.6 Å². The van der Waals surface area contributed by atoms with Gasteiger partial charge in [0.1, 0.15) is 6.10 Å². The van der Waals surface area contributed by atoms with Gasteiger partial charge in [-0.25, -0.2) is 0 Å². The second-order valence-corrected chi connectivity index (χ2v) is 6.41. The Bertz CT molecular complexity index is 579. The maximum Gasteiger partial charge on any atom is 0.253 e. The minimum absolute atomic E-state index is 0.0449. The molecule has 2 amide bonds. The van der Waals surface area contributed by atoms with Crippen molar-refractivity contribution in [1.29, 1.82) is 0 Å². The first-order valence-corrected chi connectivity index (χ1v) is 8.75. The van der Waals surface area contributed by atoms with Crippen molar-refractivity contribution in [3.8, 4) is 0 Å². The van der Waals surface area contributed by atoms with Crippen LogP contribution in [0.3, 0.4) is 0 Å². The Balaban J connectivity index is 1.51. The van der Waals surface area contributed by atoms with E-state index in [0.717, 1.165) is 49.9 Å². The Morgan fingerprint density at radius 2 is 2.08 bits per heavy atom. The van der Waals surface area contributed by atoms with Crippen LogP contribution in [0.2, 0.25) is 0 Å². The smallest absolute Gasteiger partial charge is 0.253 e. The summed E-state index contributed by atoms with van der Waals surface area (Å²) in [4.78, 5) is 24.2. The van der Waals surface area contributed by atoms with Crippen molar-refractivity contribution >= 4 is 17.5 Å². The van der Waals surface area contributed by atoms with Crippen LogP contribution in [0, 0.1) is 0 Å².